The van der Waals surface area contributed by atoms with Gasteiger partial charge >= 0.3 is 0 Å². The minimum absolute atomic E-state index is 0.0778. The number of ether oxygens (including phenoxy) is 4. The molecule has 0 spiro atoms. The Morgan fingerprint density at radius 1 is 1.31 bits per heavy atom. The molecule has 154 valence electrons. The average molecular weight is 399 g/mol. The molecule has 1 unspecified atom stereocenters. The Balaban J connectivity index is 2.16. The standard InChI is InChI=1S/C21H25N3O5/c1-12(2)19-14-9-13(11-22)21(25)24(3)18(14)17-15(29-19)10-16(20(23-17)27-5)28-8-6-7-26-4/h9-10,12,19H,6-8H2,1-5H3. The zero-order valence-corrected chi connectivity index (χ0v) is 17.3. The lowest BCUT2D eigenvalue weighted by molar-refractivity contribution is 0.146. The van der Waals surface area contributed by atoms with Gasteiger partial charge in [0.1, 0.15) is 23.4 Å². The second kappa shape index (κ2) is 8.53. The summed E-state index contributed by atoms with van der Waals surface area (Å²) in [4.78, 5) is 17.2. The van der Waals surface area contributed by atoms with Gasteiger partial charge in [-0.2, -0.15) is 5.26 Å². The first-order chi connectivity index (χ1) is 13.9. The molecule has 2 aromatic heterocycles. The van der Waals surface area contributed by atoms with E-state index in [2.05, 4.69) is 4.98 Å². The van der Waals surface area contributed by atoms with Crippen LogP contribution in [0.5, 0.6) is 17.4 Å². The van der Waals surface area contributed by atoms with Crippen molar-refractivity contribution in [2.75, 3.05) is 27.4 Å². The van der Waals surface area contributed by atoms with E-state index >= 15 is 0 Å². The third-order valence-corrected chi connectivity index (χ3v) is 4.82. The Labute approximate surface area is 169 Å². The molecule has 0 bridgehead atoms. The highest BCUT2D eigenvalue weighted by atomic mass is 16.5. The molecule has 29 heavy (non-hydrogen) atoms. The van der Waals surface area contributed by atoms with Crippen LogP contribution in [0.1, 0.15) is 37.5 Å². The normalized spacial score (nSPS) is 14.6. The van der Waals surface area contributed by atoms with Crippen molar-refractivity contribution in [1.82, 2.24) is 9.55 Å². The molecule has 0 saturated heterocycles. The summed E-state index contributed by atoms with van der Waals surface area (Å²) in [6.45, 7) is 5.08. The summed E-state index contributed by atoms with van der Waals surface area (Å²) in [7, 11) is 4.79. The second-order valence-electron chi connectivity index (χ2n) is 7.16. The summed E-state index contributed by atoms with van der Waals surface area (Å²) >= 11 is 0. The molecule has 3 rings (SSSR count). The third-order valence-electron chi connectivity index (χ3n) is 4.82. The van der Waals surface area contributed by atoms with E-state index in [1.54, 1.807) is 26.3 Å². The number of hydrogen-bond acceptors (Lipinski definition) is 7. The number of hydrogen-bond donors (Lipinski definition) is 0. The molecular weight excluding hydrogens is 374 g/mol. The zero-order valence-electron chi connectivity index (χ0n) is 17.3. The number of nitrogens with zero attached hydrogens (tertiary/aromatic N) is 3. The molecule has 8 heteroatoms. The molecule has 2 aromatic rings. The SMILES string of the molecule is COCCCOc1cc2c(nc1OC)-c1c(cc(C#N)c(=O)n1C)C(C(C)C)O2. The smallest absolute Gasteiger partial charge is 0.268 e. The van der Waals surface area contributed by atoms with Crippen molar-refractivity contribution in [3.8, 4) is 34.8 Å². The fourth-order valence-electron chi connectivity index (χ4n) is 3.40. The number of methoxy groups -OCH3 is 2. The van der Waals surface area contributed by atoms with Crippen molar-refractivity contribution >= 4 is 0 Å². The number of rotatable bonds is 7. The number of pyridine rings is 2. The summed E-state index contributed by atoms with van der Waals surface area (Å²) < 4.78 is 24.0. The Kier molecular flexibility index (Phi) is 6.09. The molecule has 0 aromatic carbocycles. The average Bonchev–Trinajstić information content (AvgIpc) is 2.71. The minimum Gasteiger partial charge on any atom is -0.488 e. The van der Waals surface area contributed by atoms with Gasteiger partial charge in [0, 0.05) is 38.8 Å². The van der Waals surface area contributed by atoms with Gasteiger partial charge in [-0.3, -0.25) is 4.79 Å². The Morgan fingerprint density at radius 3 is 2.69 bits per heavy atom. The van der Waals surface area contributed by atoms with E-state index in [0.717, 1.165) is 12.0 Å². The van der Waals surface area contributed by atoms with Crippen LogP contribution in [0.3, 0.4) is 0 Å². The van der Waals surface area contributed by atoms with Gasteiger partial charge in [-0.25, -0.2) is 4.98 Å². The van der Waals surface area contributed by atoms with Crippen LogP contribution in [0.15, 0.2) is 16.9 Å². The quantitative estimate of drug-likeness (QED) is 0.661. The van der Waals surface area contributed by atoms with E-state index in [9.17, 15) is 10.1 Å². The fourth-order valence-corrected chi connectivity index (χ4v) is 3.40. The number of fused-ring (bicyclic) bond motifs is 3. The van der Waals surface area contributed by atoms with Crippen molar-refractivity contribution in [2.45, 2.75) is 26.4 Å². The predicted octanol–water partition coefficient (Wildman–Crippen LogP) is 2.83. The summed E-state index contributed by atoms with van der Waals surface area (Å²) in [5, 5.41) is 9.34. The third kappa shape index (κ3) is 3.78. The van der Waals surface area contributed by atoms with Crippen LogP contribution in [-0.2, 0) is 11.8 Å². The summed E-state index contributed by atoms with van der Waals surface area (Å²) in [6, 6.07) is 5.32. The largest absolute Gasteiger partial charge is 0.488 e. The van der Waals surface area contributed by atoms with Crippen LogP contribution >= 0.6 is 0 Å². The van der Waals surface area contributed by atoms with Gasteiger partial charge in [0.05, 0.1) is 19.4 Å². The molecule has 0 fully saturated rings. The van der Waals surface area contributed by atoms with E-state index in [0.29, 0.717) is 42.0 Å². The molecule has 0 amide bonds. The minimum atomic E-state index is -0.373. The van der Waals surface area contributed by atoms with Crippen LogP contribution in [0.4, 0.5) is 0 Å². The first-order valence-electron chi connectivity index (χ1n) is 9.44. The predicted molar refractivity (Wildman–Crippen MR) is 106 cm³/mol. The number of nitriles is 1. The van der Waals surface area contributed by atoms with Crippen molar-refractivity contribution in [3.05, 3.63) is 33.6 Å². The number of aromatic nitrogens is 2. The highest BCUT2D eigenvalue weighted by molar-refractivity contribution is 5.72. The van der Waals surface area contributed by atoms with Gasteiger partial charge in [0.2, 0.25) is 0 Å². The fraction of sp³-hybridized carbons (Fsp3) is 0.476. The maximum atomic E-state index is 12.6. The van der Waals surface area contributed by atoms with E-state index in [1.165, 1.54) is 11.7 Å². The van der Waals surface area contributed by atoms with E-state index < -0.39 is 0 Å². The topological polar surface area (TPSA) is 95.6 Å². The Morgan fingerprint density at radius 2 is 2.07 bits per heavy atom. The highest BCUT2D eigenvalue weighted by Crippen LogP contribution is 2.46. The van der Waals surface area contributed by atoms with E-state index in [-0.39, 0.29) is 23.1 Å². The monoisotopic (exact) mass is 399 g/mol. The van der Waals surface area contributed by atoms with Crippen molar-refractivity contribution in [2.24, 2.45) is 13.0 Å². The molecule has 1 atom stereocenters. The van der Waals surface area contributed by atoms with Crippen molar-refractivity contribution in [3.63, 3.8) is 0 Å². The lowest BCUT2D eigenvalue weighted by Crippen LogP contribution is -2.29. The first kappa shape index (κ1) is 20.7. The molecule has 0 saturated carbocycles. The van der Waals surface area contributed by atoms with Crippen LogP contribution in [0, 0.1) is 17.2 Å². The van der Waals surface area contributed by atoms with Gasteiger partial charge in [-0.1, -0.05) is 13.8 Å². The van der Waals surface area contributed by atoms with Crippen LogP contribution in [0.2, 0.25) is 0 Å². The van der Waals surface area contributed by atoms with Crippen LogP contribution in [0.25, 0.3) is 11.4 Å². The van der Waals surface area contributed by atoms with Crippen molar-refractivity contribution in [1.29, 1.82) is 5.26 Å². The molecule has 0 radical (unpaired) electrons. The van der Waals surface area contributed by atoms with Crippen LogP contribution in [-0.4, -0.2) is 37.0 Å². The molecule has 0 aliphatic carbocycles. The van der Waals surface area contributed by atoms with Crippen molar-refractivity contribution < 1.29 is 18.9 Å². The molecular formula is C21H25N3O5. The van der Waals surface area contributed by atoms with Gasteiger partial charge in [-0.05, 0) is 12.0 Å². The van der Waals surface area contributed by atoms with Gasteiger partial charge in [0.15, 0.2) is 11.5 Å². The molecule has 8 nitrogen and oxygen atoms in total. The van der Waals surface area contributed by atoms with Gasteiger partial charge in [-0.15, -0.1) is 0 Å². The lowest BCUT2D eigenvalue weighted by Gasteiger charge is -2.32. The second-order valence-corrected chi connectivity index (χ2v) is 7.16. The zero-order chi connectivity index (χ0) is 21.1. The highest BCUT2D eigenvalue weighted by Gasteiger charge is 2.34. The molecule has 1 aliphatic heterocycles. The first-order valence-corrected chi connectivity index (χ1v) is 9.44. The van der Waals surface area contributed by atoms with Gasteiger partial charge < -0.3 is 23.5 Å². The molecule has 1 aliphatic rings. The summed E-state index contributed by atoms with van der Waals surface area (Å²) in [5.74, 6) is 1.39. The summed E-state index contributed by atoms with van der Waals surface area (Å²) in [6.07, 6.45) is 0.397. The van der Waals surface area contributed by atoms with E-state index in [1.807, 2.05) is 19.9 Å². The maximum Gasteiger partial charge on any atom is 0.268 e. The van der Waals surface area contributed by atoms with E-state index in [4.69, 9.17) is 18.9 Å². The molecule has 0 N–H and O–H groups in total. The Hall–Kier alpha value is -3.05. The maximum absolute atomic E-state index is 12.6. The Bertz CT molecular complexity index is 1010. The molecule has 3 heterocycles. The lowest BCUT2D eigenvalue weighted by atomic mass is 9.92. The van der Waals surface area contributed by atoms with Gasteiger partial charge in [0.25, 0.3) is 11.4 Å². The van der Waals surface area contributed by atoms with Crippen LogP contribution < -0.4 is 19.8 Å². The summed E-state index contributed by atoms with van der Waals surface area (Å²) in [5.41, 5.74) is 1.58.